The van der Waals surface area contributed by atoms with Gasteiger partial charge in [-0.25, -0.2) is 0 Å². The third-order valence-electron chi connectivity index (χ3n) is 1.26. The van der Waals surface area contributed by atoms with E-state index in [0.29, 0.717) is 5.75 Å². The zero-order valence-corrected chi connectivity index (χ0v) is 6.88. The molecule has 68 valence electrons. The Morgan fingerprint density at radius 1 is 1.46 bits per heavy atom. The number of non-ortho nitro benzene ring substituents is 1. The first kappa shape index (κ1) is 10.8. The van der Waals surface area contributed by atoms with Gasteiger partial charge in [-0.15, -0.1) is 0 Å². The Hall–Kier alpha value is -2.16. The van der Waals surface area contributed by atoms with Crippen molar-refractivity contribution in [3.63, 3.8) is 0 Å². The van der Waals surface area contributed by atoms with E-state index in [4.69, 9.17) is 15.5 Å². The molecule has 0 amide bonds. The third-order valence-corrected chi connectivity index (χ3v) is 1.26. The molecular formula is C7H7N3O3. The molecule has 0 saturated carbocycles. The second kappa shape index (κ2) is 5.49. The maximum atomic E-state index is 10.2. The van der Waals surface area contributed by atoms with Crippen molar-refractivity contribution in [1.29, 1.82) is 10.8 Å². The van der Waals surface area contributed by atoms with Crippen molar-refractivity contribution in [3.05, 3.63) is 34.4 Å². The summed E-state index contributed by atoms with van der Waals surface area (Å²) in [5, 5.41) is 22.2. The van der Waals surface area contributed by atoms with E-state index in [2.05, 4.69) is 0 Å². The lowest BCUT2D eigenvalue weighted by Crippen LogP contribution is -1.88. The molecule has 0 bridgehead atoms. The van der Waals surface area contributed by atoms with Crippen molar-refractivity contribution in [1.82, 2.24) is 0 Å². The highest BCUT2D eigenvalue weighted by Crippen LogP contribution is 2.17. The molecule has 0 heterocycles. The molecule has 0 radical (unpaired) electrons. The Kier molecular flexibility index (Phi) is 4.57. The maximum absolute atomic E-state index is 10.2. The van der Waals surface area contributed by atoms with Crippen LogP contribution in [-0.4, -0.2) is 12.0 Å². The van der Waals surface area contributed by atoms with E-state index < -0.39 is 4.92 Å². The summed E-state index contributed by atoms with van der Waals surface area (Å²) < 4.78 is 4.80. The van der Waals surface area contributed by atoms with Crippen molar-refractivity contribution in [2.75, 3.05) is 7.11 Å². The summed E-state index contributed by atoms with van der Waals surface area (Å²) in [5.74, 6) is 0.499. The first-order valence-corrected chi connectivity index (χ1v) is 3.22. The number of nitro benzene ring substituents is 1. The normalized spacial score (nSPS) is 7.92. The molecule has 0 aliphatic heterocycles. The molecule has 13 heavy (non-hydrogen) atoms. The molecule has 0 aliphatic carbocycles. The maximum Gasteiger partial charge on any atom is 0.273 e. The summed E-state index contributed by atoms with van der Waals surface area (Å²) in [6, 6.07) is 6.03. The van der Waals surface area contributed by atoms with Crippen LogP contribution < -0.4 is 4.74 Å². The van der Waals surface area contributed by atoms with E-state index in [0.717, 1.165) is 0 Å². The number of hydrogen-bond donors (Lipinski definition) is 0. The molecule has 0 aromatic heterocycles. The lowest BCUT2D eigenvalue weighted by atomic mass is 10.3. The van der Waals surface area contributed by atoms with Gasteiger partial charge in [0.05, 0.1) is 18.1 Å². The van der Waals surface area contributed by atoms with Crippen LogP contribution in [0.3, 0.4) is 0 Å². The van der Waals surface area contributed by atoms with Gasteiger partial charge in [0, 0.05) is 16.9 Å². The van der Waals surface area contributed by atoms with Crippen LogP contribution in [0.1, 0.15) is 0 Å². The number of nitro groups is 1. The highest BCUT2D eigenvalue weighted by molar-refractivity contribution is 5.37. The Balaban J connectivity index is 0.000000671. The monoisotopic (exact) mass is 181 g/mol. The molecule has 0 atom stereocenters. The Morgan fingerprint density at radius 2 is 2.08 bits per heavy atom. The summed E-state index contributed by atoms with van der Waals surface area (Å²) in [6.45, 7) is 0. The van der Waals surface area contributed by atoms with Crippen LogP contribution in [0.4, 0.5) is 5.69 Å². The fraction of sp³-hybridized carbons (Fsp3) is 0.143. The van der Waals surface area contributed by atoms with E-state index in [1.807, 2.05) is 0 Å². The number of nitrogens with zero attached hydrogens (tertiary/aromatic N) is 3. The highest BCUT2D eigenvalue weighted by atomic mass is 16.6. The zero-order valence-electron chi connectivity index (χ0n) is 6.88. The molecule has 1 rings (SSSR count). The summed E-state index contributed by atoms with van der Waals surface area (Å²) in [5.41, 5.74) is 0.0457. The van der Waals surface area contributed by atoms with Gasteiger partial charge in [0.15, 0.2) is 0 Å². The predicted octanol–water partition coefficient (Wildman–Crippen LogP) is 1.63. The Bertz CT molecular complexity index is 311. The van der Waals surface area contributed by atoms with Crippen LogP contribution in [0.15, 0.2) is 24.3 Å². The quantitative estimate of drug-likeness (QED) is 0.392. The first-order chi connectivity index (χ1) is 6.24. The van der Waals surface area contributed by atoms with Gasteiger partial charge < -0.3 is 4.74 Å². The van der Waals surface area contributed by atoms with Crippen molar-refractivity contribution < 1.29 is 9.66 Å². The van der Waals surface area contributed by atoms with Gasteiger partial charge in [0.2, 0.25) is 0 Å². The van der Waals surface area contributed by atoms with Crippen molar-refractivity contribution in [2.45, 2.75) is 0 Å². The second-order valence-corrected chi connectivity index (χ2v) is 1.96. The molecule has 0 unspecified atom stereocenters. The lowest BCUT2D eigenvalue weighted by Gasteiger charge is -1.96. The summed E-state index contributed by atoms with van der Waals surface area (Å²) in [6.07, 6.45) is 0. The summed E-state index contributed by atoms with van der Waals surface area (Å²) in [4.78, 5) is 9.76. The summed E-state index contributed by atoms with van der Waals surface area (Å²) >= 11 is 0. The van der Waals surface area contributed by atoms with Crippen LogP contribution in [0, 0.1) is 20.9 Å². The average Bonchev–Trinajstić information content (AvgIpc) is 2.21. The van der Waals surface area contributed by atoms with Gasteiger partial charge in [-0.3, -0.25) is 10.1 Å². The minimum absolute atomic E-state index is 0.0457. The molecule has 1 aromatic carbocycles. The first-order valence-electron chi connectivity index (χ1n) is 3.22. The van der Waals surface area contributed by atoms with Crippen LogP contribution in [0.2, 0.25) is 0 Å². The predicted molar refractivity (Wildman–Crippen MR) is 43.1 cm³/mol. The highest BCUT2D eigenvalue weighted by Gasteiger charge is 2.04. The lowest BCUT2D eigenvalue weighted by molar-refractivity contribution is -0.384. The van der Waals surface area contributed by atoms with E-state index >= 15 is 0 Å². The van der Waals surface area contributed by atoms with E-state index in [9.17, 15) is 10.1 Å². The zero-order chi connectivity index (χ0) is 10.3. The van der Waals surface area contributed by atoms with Gasteiger partial charge in [-0.2, -0.15) is 0 Å². The molecule has 6 nitrogen and oxygen atoms in total. The van der Waals surface area contributed by atoms with E-state index in [1.54, 1.807) is 12.1 Å². The Labute approximate surface area is 74.3 Å². The molecule has 1 aromatic rings. The molecule has 0 spiro atoms. The van der Waals surface area contributed by atoms with E-state index in [1.165, 1.54) is 19.2 Å². The minimum atomic E-state index is -0.456. The molecule has 0 fully saturated rings. The third kappa shape index (κ3) is 3.16. The van der Waals surface area contributed by atoms with Gasteiger partial charge in [0.1, 0.15) is 5.75 Å². The second-order valence-electron chi connectivity index (χ2n) is 1.96. The smallest absolute Gasteiger partial charge is 0.273 e. The molecule has 0 aliphatic rings. The van der Waals surface area contributed by atoms with Crippen molar-refractivity contribution in [2.24, 2.45) is 0 Å². The fourth-order valence-corrected chi connectivity index (χ4v) is 0.724. The minimum Gasteiger partial charge on any atom is -0.497 e. The number of methoxy groups -OCH3 is 1. The van der Waals surface area contributed by atoms with Gasteiger partial charge in [0.25, 0.3) is 5.69 Å². The molecular weight excluding hydrogens is 174 g/mol. The summed E-state index contributed by atoms with van der Waals surface area (Å²) in [7, 11) is 1.47. The van der Waals surface area contributed by atoms with Gasteiger partial charge >= 0.3 is 0 Å². The largest absolute Gasteiger partial charge is 0.497 e. The Morgan fingerprint density at radius 3 is 2.54 bits per heavy atom. The van der Waals surface area contributed by atoms with Crippen LogP contribution in [0.25, 0.3) is 0 Å². The number of ether oxygens (including phenoxy) is 1. The average molecular weight is 181 g/mol. The van der Waals surface area contributed by atoms with Crippen LogP contribution >= 0.6 is 0 Å². The standard InChI is InChI=1S/C7H7NO3.N2/c1-11-7-4-2-3-6(5-7)8(9)10;1-2/h2-5H,1H3;. The fourth-order valence-electron chi connectivity index (χ4n) is 0.724. The molecule has 6 heteroatoms. The van der Waals surface area contributed by atoms with Crippen molar-refractivity contribution in [3.8, 4) is 5.75 Å². The number of hydrogen-bond acceptors (Lipinski definition) is 5. The van der Waals surface area contributed by atoms with Gasteiger partial charge in [-0.05, 0) is 6.07 Å². The van der Waals surface area contributed by atoms with Crippen LogP contribution in [-0.2, 0) is 0 Å². The van der Waals surface area contributed by atoms with Crippen LogP contribution in [0.5, 0.6) is 5.75 Å². The SMILES string of the molecule is COc1cccc([N+](=O)[O-])c1.N#N. The molecule has 0 saturated heterocycles. The number of rotatable bonds is 2. The molecule has 0 N–H and O–H groups in total. The van der Waals surface area contributed by atoms with E-state index in [-0.39, 0.29) is 5.69 Å². The van der Waals surface area contributed by atoms with Crippen molar-refractivity contribution >= 4 is 5.69 Å². The number of benzene rings is 1. The van der Waals surface area contributed by atoms with Gasteiger partial charge in [-0.1, -0.05) is 6.07 Å². The topological polar surface area (TPSA) is 99.9 Å².